The van der Waals surface area contributed by atoms with Gasteiger partial charge in [-0.25, -0.2) is 17.5 Å². The highest BCUT2D eigenvalue weighted by atomic mass is 32.2. The second-order valence-corrected chi connectivity index (χ2v) is 5.34. The van der Waals surface area contributed by atoms with Gasteiger partial charge in [0, 0.05) is 6.54 Å². The minimum Gasteiger partial charge on any atom is -0.330 e. The van der Waals surface area contributed by atoms with Gasteiger partial charge < -0.3 is 5.73 Å². The maximum absolute atomic E-state index is 12.8. The third-order valence-electron chi connectivity index (χ3n) is 2.00. The number of hydrogen-bond donors (Lipinski definition) is 2. The van der Waals surface area contributed by atoms with Crippen LogP contribution >= 0.6 is 0 Å². The van der Waals surface area contributed by atoms with E-state index in [2.05, 4.69) is 4.72 Å². The molecule has 3 N–H and O–H groups in total. The molecule has 90 valence electrons. The van der Waals surface area contributed by atoms with E-state index in [0.717, 1.165) is 0 Å². The fourth-order valence-corrected chi connectivity index (χ4v) is 2.26. The van der Waals surface area contributed by atoms with Gasteiger partial charge in [-0.2, -0.15) is 0 Å². The summed E-state index contributed by atoms with van der Waals surface area (Å²) in [7, 11) is -3.31. The summed E-state index contributed by atoms with van der Waals surface area (Å²) < 4.78 is 38.0. The van der Waals surface area contributed by atoms with Gasteiger partial charge in [-0.15, -0.1) is 0 Å². The zero-order valence-corrected chi connectivity index (χ0v) is 9.63. The van der Waals surface area contributed by atoms with Crippen molar-refractivity contribution in [2.75, 3.05) is 12.3 Å². The lowest BCUT2D eigenvalue weighted by atomic mass is 10.2. The Balaban J connectivity index is 2.51. The highest BCUT2D eigenvalue weighted by Crippen LogP contribution is 2.03. The first-order valence-electron chi connectivity index (χ1n) is 4.95. The van der Waals surface area contributed by atoms with E-state index in [1.54, 1.807) is 12.1 Å². The van der Waals surface area contributed by atoms with Gasteiger partial charge in [0.2, 0.25) is 10.0 Å². The van der Waals surface area contributed by atoms with Gasteiger partial charge in [0.05, 0.1) is 5.75 Å². The highest BCUT2D eigenvalue weighted by molar-refractivity contribution is 7.89. The molecule has 16 heavy (non-hydrogen) atoms. The largest absolute Gasteiger partial charge is 0.330 e. The zero-order valence-electron chi connectivity index (χ0n) is 8.82. The number of sulfonamides is 1. The van der Waals surface area contributed by atoms with Crippen LogP contribution < -0.4 is 10.5 Å². The molecule has 0 radical (unpaired) electrons. The average molecular weight is 246 g/mol. The SMILES string of the molecule is NCCCS(=O)(=O)NCc1cccc(F)c1. The second kappa shape index (κ2) is 5.93. The van der Waals surface area contributed by atoms with Crippen molar-refractivity contribution >= 4 is 10.0 Å². The predicted molar refractivity (Wildman–Crippen MR) is 60.7 cm³/mol. The molecule has 1 aromatic rings. The molecule has 0 amide bonds. The Morgan fingerprint density at radius 2 is 2.12 bits per heavy atom. The molecule has 4 nitrogen and oxygen atoms in total. The molecule has 0 aliphatic rings. The van der Waals surface area contributed by atoms with Crippen molar-refractivity contribution < 1.29 is 12.8 Å². The van der Waals surface area contributed by atoms with E-state index in [1.165, 1.54) is 12.1 Å². The summed E-state index contributed by atoms with van der Waals surface area (Å²) in [4.78, 5) is 0. The number of nitrogens with one attached hydrogen (secondary N) is 1. The van der Waals surface area contributed by atoms with Crippen molar-refractivity contribution in [3.05, 3.63) is 35.6 Å². The third kappa shape index (κ3) is 4.69. The van der Waals surface area contributed by atoms with Crippen molar-refractivity contribution in [3.63, 3.8) is 0 Å². The summed E-state index contributed by atoms with van der Waals surface area (Å²) in [5.74, 6) is -0.377. The first-order chi connectivity index (χ1) is 7.53. The molecule has 1 aromatic carbocycles. The Morgan fingerprint density at radius 1 is 1.38 bits per heavy atom. The molecule has 0 saturated carbocycles. The highest BCUT2D eigenvalue weighted by Gasteiger charge is 2.08. The Kier molecular flexibility index (Phi) is 4.85. The fraction of sp³-hybridized carbons (Fsp3) is 0.400. The average Bonchev–Trinajstić information content (AvgIpc) is 2.24. The molecule has 0 unspecified atom stereocenters. The first kappa shape index (κ1) is 13.1. The summed E-state index contributed by atoms with van der Waals surface area (Å²) in [6.45, 7) is 0.436. The predicted octanol–water partition coefficient (Wildman–Crippen LogP) is 0.594. The van der Waals surface area contributed by atoms with E-state index >= 15 is 0 Å². The van der Waals surface area contributed by atoms with Gasteiger partial charge in [-0.1, -0.05) is 12.1 Å². The summed E-state index contributed by atoms with van der Waals surface area (Å²) in [6.07, 6.45) is 0.415. The van der Waals surface area contributed by atoms with Crippen LogP contribution in [0.4, 0.5) is 4.39 Å². The van der Waals surface area contributed by atoms with E-state index in [4.69, 9.17) is 5.73 Å². The maximum atomic E-state index is 12.8. The molecule has 0 aliphatic carbocycles. The molecule has 0 aliphatic heterocycles. The van der Waals surface area contributed by atoms with Crippen LogP contribution in [0, 0.1) is 5.82 Å². The molecule has 1 rings (SSSR count). The molecular formula is C10H15FN2O2S. The lowest BCUT2D eigenvalue weighted by Gasteiger charge is -2.06. The molecule has 0 atom stereocenters. The molecule has 0 saturated heterocycles. The van der Waals surface area contributed by atoms with E-state index in [1.807, 2.05) is 0 Å². The van der Waals surface area contributed by atoms with Crippen molar-refractivity contribution in [3.8, 4) is 0 Å². The van der Waals surface area contributed by atoms with Gasteiger partial charge in [0.15, 0.2) is 0 Å². The quantitative estimate of drug-likeness (QED) is 0.771. The van der Waals surface area contributed by atoms with E-state index in [9.17, 15) is 12.8 Å². The first-order valence-corrected chi connectivity index (χ1v) is 6.60. The zero-order chi connectivity index (χ0) is 12.0. The van der Waals surface area contributed by atoms with Crippen molar-refractivity contribution in [2.24, 2.45) is 5.73 Å². The molecule has 0 heterocycles. The van der Waals surface area contributed by atoms with Crippen LogP contribution in [0.15, 0.2) is 24.3 Å². The topological polar surface area (TPSA) is 72.2 Å². The van der Waals surface area contributed by atoms with Gasteiger partial charge in [-0.3, -0.25) is 0 Å². The molecule has 6 heteroatoms. The summed E-state index contributed by atoms with van der Waals surface area (Å²) in [6, 6.07) is 5.81. The van der Waals surface area contributed by atoms with E-state index in [-0.39, 0.29) is 18.1 Å². The smallest absolute Gasteiger partial charge is 0.211 e. The van der Waals surface area contributed by atoms with E-state index in [0.29, 0.717) is 18.5 Å². The normalized spacial score (nSPS) is 11.6. The van der Waals surface area contributed by atoms with Crippen LogP contribution in [0.5, 0.6) is 0 Å². The number of nitrogens with two attached hydrogens (primary N) is 1. The van der Waals surface area contributed by atoms with Crippen molar-refractivity contribution in [2.45, 2.75) is 13.0 Å². The standard InChI is InChI=1S/C10H15FN2O2S/c11-10-4-1-3-9(7-10)8-13-16(14,15)6-2-5-12/h1,3-4,7,13H,2,5-6,8,12H2. The third-order valence-corrected chi connectivity index (χ3v) is 3.41. The summed E-state index contributed by atoms with van der Waals surface area (Å²) in [5.41, 5.74) is 5.81. The number of hydrogen-bond acceptors (Lipinski definition) is 3. The molecule has 0 aromatic heterocycles. The molecule has 0 spiro atoms. The maximum Gasteiger partial charge on any atom is 0.211 e. The van der Waals surface area contributed by atoms with Crippen LogP contribution in [0.3, 0.4) is 0 Å². The van der Waals surface area contributed by atoms with Crippen LogP contribution in [-0.4, -0.2) is 20.7 Å². The van der Waals surface area contributed by atoms with Crippen LogP contribution in [0.2, 0.25) is 0 Å². The Bertz CT molecular complexity index is 434. The van der Waals surface area contributed by atoms with Crippen molar-refractivity contribution in [1.29, 1.82) is 0 Å². The number of rotatable bonds is 6. The minimum atomic E-state index is -3.31. The molecule has 0 bridgehead atoms. The monoisotopic (exact) mass is 246 g/mol. The van der Waals surface area contributed by atoms with Gasteiger partial charge in [0.1, 0.15) is 5.82 Å². The van der Waals surface area contributed by atoms with Gasteiger partial charge in [0.25, 0.3) is 0 Å². The van der Waals surface area contributed by atoms with Gasteiger partial charge in [-0.05, 0) is 30.7 Å². The Labute approximate surface area is 94.7 Å². The minimum absolute atomic E-state index is 0.00117. The Hall–Kier alpha value is -0.980. The van der Waals surface area contributed by atoms with E-state index < -0.39 is 10.0 Å². The molecule has 0 fully saturated rings. The van der Waals surface area contributed by atoms with Crippen LogP contribution in [-0.2, 0) is 16.6 Å². The Morgan fingerprint density at radius 3 is 2.75 bits per heavy atom. The lowest BCUT2D eigenvalue weighted by Crippen LogP contribution is -2.27. The lowest BCUT2D eigenvalue weighted by molar-refractivity contribution is 0.578. The summed E-state index contributed by atoms with van der Waals surface area (Å²) >= 11 is 0. The fourth-order valence-electron chi connectivity index (χ4n) is 1.19. The van der Waals surface area contributed by atoms with Gasteiger partial charge >= 0.3 is 0 Å². The second-order valence-electron chi connectivity index (χ2n) is 3.41. The van der Waals surface area contributed by atoms with Crippen LogP contribution in [0.1, 0.15) is 12.0 Å². The number of halogens is 1. The van der Waals surface area contributed by atoms with Crippen molar-refractivity contribution in [1.82, 2.24) is 4.72 Å². The summed E-state index contributed by atoms with van der Waals surface area (Å²) in [5, 5.41) is 0. The molecular weight excluding hydrogens is 231 g/mol. The number of benzene rings is 1. The van der Waals surface area contributed by atoms with Crippen LogP contribution in [0.25, 0.3) is 0 Å².